The van der Waals surface area contributed by atoms with Crippen molar-refractivity contribution in [2.24, 2.45) is 5.73 Å². The molecule has 1 atom stereocenters. The Hall–Kier alpha value is -2.22. The molecule has 7 nitrogen and oxygen atoms in total. The number of hydrogen-bond donors (Lipinski definition) is 4. The number of benzene rings is 2. The van der Waals surface area contributed by atoms with Gasteiger partial charge in [-0.25, -0.2) is 8.96 Å². The predicted octanol–water partition coefficient (Wildman–Crippen LogP) is 4.61. The summed E-state index contributed by atoms with van der Waals surface area (Å²) in [4.78, 5) is 17.6. The molecule has 0 saturated heterocycles. The smallest absolute Gasteiger partial charge is 0.469 e. The molecule has 5 N–H and O–H groups in total. The predicted molar refractivity (Wildman–Crippen MR) is 117 cm³/mol. The molecule has 2 aromatic rings. The van der Waals surface area contributed by atoms with Crippen molar-refractivity contribution in [3.63, 3.8) is 0 Å². The largest absolute Gasteiger partial charge is 0.493 e. The van der Waals surface area contributed by atoms with E-state index < -0.39 is 61.6 Å². The normalized spacial score (nSPS) is 14.5. The summed E-state index contributed by atoms with van der Waals surface area (Å²) in [6, 6.07) is 5.58. The van der Waals surface area contributed by atoms with E-state index in [1.165, 1.54) is 6.07 Å². The summed E-state index contributed by atoms with van der Waals surface area (Å²) in [6.45, 7) is -1.71. The summed E-state index contributed by atoms with van der Waals surface area (Å²) < 4.78 is 113. The molecule has 15 heteroatoms. The average molecular weight is 563 g/mol. The highest BCUT2D eigenvalue weighted by Crippen LogP contribution is 2.39. The molecule has 0 heterocycles. The maximum atomic E-state index is 13.7. The molecule has 0 amide bonds. The summed E-state index contributed by atoms with van der Waals surface area (Å²) in [5, 5.41) is 9.43. The van der Waals surface area contributed by atoms with Gasteiger partial charge in [-0.1, -0.05) is 12.1 Å². The summed E-state index contributed by atoms with van der Waals surface area (Å²) in [7, 11) is -4.87. The summed E-state index contributed by atoms with van der Waals surface area (Å²) in [6.07, 6.45) is -9.75. The maximum Gasteiger partial charge on any atom is 0.469 e. The Morgan fingerprint density at radius 3 is 2.03 bits per heavy atom. The van der Waals surface area contributed by atoms with Gasteiger partial charge in [0.2, 0.25) is 0 Å². The molecule has 0 aliphatic carbocycles. The summed E-state index contributed by atoms with van der Waals surface area (Å²) in [5.74, 6) is -1.95. The number of ether oxygens (including phenoxy) is 1. The Labute approximate surface area is 207 Å². The molecule has 2 aromatic carbocycles. The van der Waals surface area contributed by atoms with Crippen molar-refractivity contribution >= 4 is 7.82 Å². The van der Waals surface area contributed by atoms with E-state index in [0.717, 1.165) is 18.2 Å². The van der Waals surface area contributed by atoms with Crippen molar-refractivity contribution < 1.29 is 59.5 Å². The molecule has 0 radical (unpaired) electrons. The fourth-order valence-corrected chi connectivity index (χ4v) is 3.71. The third kappa shape index (κ3) is 9.87. The minimum atomic E-state index is -4.87. The van der Waals surface area contributed by atoms with E-state index in [-0.39, 0.29) is 43.4 Å². The summed E-state index contributed by atoms with van der Waals surface area (Å²) >= 11 is 0. The second-order valence-corrected chi connectivity index (χ2v) is 9.62. The molecule has 37 heavy (non-hydrogen) atoms. The van der Waals surface area contributed by atoms with Gasteiger partial charge in [0, 0.05) is 0 Å². The molecule has 208 valence electrons. The zero-order valence-electron chi connectivity index (χ0n) is 19.2. The van der Waals surface area contributed by atoms with Crippen LogP contribution in [0.1, 0.15) is 35.1 Å². The van der Waals surface area contributed by atoms with Gasteiger partial charge in [-0.2, -0.15) is 26.3 Å². The second kappa shape index (κ2) is 12.1. The zero-order valence-corrected chi connectivity index (χ0v) is 20.0. The van der Waals surface area contributed by atoms with Crippen LogP contribution < -0.4 is 10.5 Å². The molecule has 0 saturated carbocycles. The first kappa shape index (κ1) is 31.0. The number of rotatable bonds is 12. The zero-order chi connectivity index (χ0) is 28.1. The van der Waals surface area contributed by atoms with Gasteiger partial charge in [0.05, 0.1) is 36.5 Å². The van der Waals surface area contributed by atoms with E-state index in [4.69, 9.17) is 20.3 Å². The second-order valence-electron chi connectivity index (χ2n) is 8.38. The Bertz CT molecular complexity index is 1110. The van der Waals surface area contributed by atoms with Gasteiger partial charge in [0.1, 0.15) is 11.6 Å². The number of alkyl halides is 6. The van der Waals surface area contributed by atoms with Crippen LogP contribution in [0.2, 0.25) is 0 Å². The average Bonchev–Trinajstić information content (AvgIpc) is 2.77. The first-order valence-corrected chi connectivity index (χ1v) is 12.2. The molecule has 1 unspecified atom stereocenters. The maximum absolute atomic E-state index is 13.7. The highest BCUT2D eigenvalue weighted by atomic mass is 31.2. The van der Waals surface area contributed by atoms with E-state index in [1.54, 1.807) is 0 Å². The number of aliphatic hydroxyl groups is 1. The van der Waals surface area contributed by atoms with Crippen molar-refractivity contribution in [3.8, 4) is 5.75 Å². The standard InChI is InChI=1S/C22H25F7NO6P/c23-18-11-14(3-5-16(18)21(24,25)26)2-1-9-35-19-6-4-15(10-17(19)22(27,28)29)7-8-20(30,12-31)13-36-37(32,33)34/h3-6,10-11,31H,1-2,7-9,12-13,30H2,(H2,32,33,34). The lowest BCUT2D eigenvalue weighted by atomic mass is 9.93. The summed E-state index contributed by atoms with van der Waals surface area (Å²) in [5.41, 5.74) is 2.06. The highest BCUT2D eigenvalue weighted by molar-refractivity contribution is 7.46. The van der Waals surface area contributed by atoms with E-state index in [0.29, 0.717) is 12.1 Å². The number of aliphatic hydroxyl groups excluding tert-OH is 1. The molecule has 0 aliphatic heterocycles. The number of aryl methyl sites for hydroxylation is 2. The van der Waals surface area contributed by atoms with Gasteiger partial charge in [-0.05, 0) is 61.1 Å². The van der Waals surface area contributed by atoms with Crippen molar-refractivity contribution in [3.05, 3.63) is 64.5 Å². The Balaban J connectivity index is 2.02. The van der Waals surface area contributed by atoms with Gasteiger partial charge in [0.15, 0.2) is 0 Å². The van der Waals surface area contributed by atoms with Crippen LogP contribution >= 0.6 is 7.82 Å². The van der Waals surface area contributed by atoms with E-state index in [9.17, 15) is 40.4 Å². The van der Waals surface area contributed by atoms with Crippen LogP contribution in [0, 0.1) is 5.82 Å². The topological polar surface area (TPSA) is 122 Å². The van der Waals surface area contributed by atoms with Crippen LogP contribution in [-0.4, -0.2) is 40.3 Å². The molecule has 0 aromatic heterocycles. The van der Waals surface area contributed by atoms with Gasteiger partial charge >= 0.3 is 20.2 Å². The van der Waals surface area contributed by atoms with Crippen molar-refractivity contribution in [1.29, 1.82) is 0 Å². The quantitative estimate of drug-likeness (QED) is 0.169. The lowest BCUT2D eigenvalue weighted by molar-refractivity contribution is -0.140. The van der Waals surface area contributed by atoms with E-state index in [1.807, 2.05) is 0 Å². The van der Waals surface area contributed by atoms with Crippen LogP contribution in [0.5, 0.6) is 5.75 Å². The molecule has 0 spiro atoms. The number of hydrogen-bond acceptors (Lipinski definition) is 5. The first-order chi connectivity index (χ1) is 16.9. The Morgan fingerprint density at radius 1 is 0.892 bits per heavy atom. The minimum absolute atomic E-state index is 0.0604. The van der Waals surface area contributed by atoms with E-state index in [2.05, 4.69) is 4.52 Å². The van der Waals surface area contributed by atoms with Crippen molar-refractivity contribution in [2.75, 3.05) is 19.8 Å². The number of halogens is 7. The number of phosphoric acid groups is 1. The van der Waals surface area contributed by atoms with Gasteiger partial charge in [0.25, 0.3) is 0 Å². The van der Waals surface area contributed by atoms with Gasteiger partial charge in [-0.15, -0.1) is 0 Å². The lowest BCUT2D eigenvalue weighted by Crippen LogP contribution is -2.48. The van der Waals surface area contributed by atoms with Crippen LogP contribution in [0.15, 0.2) is 36.4 Å². The number of phosphoric ester groups is 1. The monoisotopic (exact) mass is 563 g/mol. The Kier molecular flexibility index (Phi) is 10.1. The van der Waals surface area contributed by atoms with Crippen LogP contribution in [0.3, 0.4) is 0 Å². The fraction of sp³-hybridized carbons (Fsp3) is 0.455. The van der Waals surface area contributed by atoms with E-state index >= 15 is 0 Å². The molecule has 0 bridgehead atoms. The fourth-order valence-electron chi connectivity index (χ4n) is 3.29. The molecular formula is C22H25F7NO6P. The SMILES string of the molecule is NC(CO)(CCc1ccc(OCCCc2ccc(C(F)(F)F)c(F)c2)c(C(F)(F)F)c1)COP(=O)(O)O. The van der Waals surface area contributed by atoms with Crippen LogP contribution in [0.25, 0.3) is 0 Å². The third-order valence-corrected chi connectivity index (χ3v) is 5.77. The first-order valence-electron chi connectivity index (χ1n) is 10.7. The van der Waals surface area contributed by atoms with Gasteiger partial charge in [-0.3, -0.25) is 4.52 Å². The lowest BCUT2D eigenvalue weighted by Gasteiger charge is -2.27. The number of nitrogens with two attached hydrogens (primary N) is 1. The van der Waals surface area contributed by atoms with Crippen molar-refractivity contribution in [1.82, 2.24) is 0 Å². The minimum Gasteiger partial charge on any atom is -0.493 e. The van der Waals surface area contributed by atoms with Crippen LogP contribution in [0.4, 0.5) is 30.7 Å². The highest BCUT2D eigenvalue weighted by Gasteiger charge is 2.36. The van der Waals surface area contributed by atoms with Crippen LogP contribution in [-0.2, 0) is 34.3 Å². The molecular weight excluding hydrogens is 538 g/mol. The van der Waals surface area contributed by atoms with Crippen molar-refractivity contribution in [2.45, 2.75) is 43.6 Å². The molecule has 0 aliphatic rings. The third-order valence-electron chi connectivity index (χ3n) is 5.30. The van der Waals surface area contributed by atoms with Gasteiger partial charge < -0.3 is 25.4 Å². The molecule has 0 fully saturated rings. The molecule has 2 rings (SSSR count). The Morgan fingerprint density at radius 2 is 1.49 bits per heavy atom.